The fourth-order valence-electron chi connectivity index (χ4n) is 4.30. The SMILES string of the molecule is CCOCCOC(=O)C1=C(C)NC2=C(C(=O)CC(C)(C)C2)[C@@H]1c1cc([N+](=O)[O-])ccc1Cl. The molecule has 0 saturated carbocycles. The van der Waals surface area contributed by atoms with Crippen LogP contribution in [0.2, 0.25) is 5.02 Å². The van der Waals surface area contributed by atoms with Gasteiger partial charge < -0.3 is 14.8 Å². The van der Waals surface area contributed by atoms with E-state index in [0.717, 1.165) is 0 Å². The van der Waals surface area contributed by atoms with Crippen molar-refractivity contribution in [2.75, 3.05) is 19.8 Å². The molecule has 8 nitrogen and oxygen atoms in total. The lowest BCUT2D eigenvalue weighted by Crippen LogP contribution is -2.39. The predicted molar refractivity (Wildman–Crippen MR) is 119 cm³/mol. The van der Waals surface area contributed by atoms with Gasteiger partial charge in [0.25, 0.3) is 5.69 Å². The van der Waals surface area contributed by atoms with Gasteiger partial charge >= 0.3 is 5.97 Å². The van der Waals surface area contributed by atoms with E-state index >= 15 is 0 Å². The normalized spacial score (nSPS) is 20.0. The number of nitro benzene ring substituents is 1. The Hall–Kier alpha value is -2.71. The number of halogens is 1. The van der Waals surface area contributed by atoms with Crippen molar-refractivity contribution in [3.63, 3.8) is 0 Å². The Labute approximate surface area is 191 Å². The number of benzene rings is 1. The van der Waals surface area contributed by atoms with E-state index in [1.807, 2.05) is 20.8 Å². The largest absolute Gasteiger partial charge is 0.460 e. The van der Waals surface area contributed by atoms with E-state index in [2.05, 4.69) is 5.32 Å². The average Bonchev–Trinajstić information content (AvgIpc) is 2.69. The lowest BCUT2D eigenvalue weighted by molar-refractivity contribution is -0.384. The van der Waals surface area contributed by atoms with Crippen LogP contribution in [0.1, 0.15) is 52.0 Å². The van der Waals surface area contributed by atoms with Gasteiger partial charge in [0, 0.05) is 53.1 Å². The van der Waals surface area contributed by atoms with Crippen LogP contribution in [-0.2, 0) is 19.1 Å². The van der Waals surface area contributed by atoms with Gasteiger partial charge in [0.1, 0.15) is 6.61 Å². The van der Waals surface area contributed by atoms with Crippen molar-refractivity contribution in [2.45, 2.75) is 46.5 Å². The second kappa shape index (κ2) is 9.42. The van der Waals surface area contributed by atoms with E-state index in [-0.39, 0.29) is 40.7 Å². The topological polar surface area (TPSA) is 108 Å². The minimum absolute atomic E-state index is 0.0473. The first kappa shape index (κ1) is 23.9. The summed E-state index contributed by atoms with van der Waals surface area (Å²) in [5.74, 6) is -1.60. The number of hydrogen-bond donors (Lipinski definition) is 1. The molecule has 172 valence electrons. The quantitative estimate of drug-likeness (QED) is 0.276. The number of carbonyl (C=O) groups is 2. The molecule has 1 aliphatic carbocycles. The van der Waals surface area contributed by atoms with Crippen LogP contribution in [0.15, 0.2) is 40.7 Å². The maximum Gasteiger partial charge on any atom is 0.336 e. The Morgan fingerprint density at radius 3 is 2.69 bits per heavy atom. The second-order valence-corrected chi connectivity index (χ2v) is 9.13. The van der Waals surface area contributed by atoms with Crippen molar-refractivity contribution < 1.29 is 24.0 Å². The molecular formula is C23H27ClN2O6. The molecule has 1 heterocycles. The van der Waals surface area contributed by atoms with Gasteiger partial charge in [0.05, 0.1) is 17.1 Å². The summed E-state index contributed by atoms with van der Waals surface area (Å²) in [5, 5.41) is 14.9. The van der Waals surface area contributed by atoms with E-state index in [9.17, 15) is 19.7 Å². The number of Topliss-reactive ketones (excluding diaryl/α,β-unsaturated/α-hetero) is 1. The number of ketones is 1. The van der Waals surface area contributed by atoms with Crippen molar-refractivity contribution in [2.24, 2.45) is 5.41 Å². The Balaban J connectivity index is 2.13. The molecule has 9 heteroatoms. The molecule has 3 rings (SSSR count). The van der Waals surface area contributed by atoms with Crippen molar-refractivity contribution in [3.05, 3.63) is 61.4 Å². The Kier molecular flexibility index (Phi) is 7.05. The average molecular weight is 463 g/mol. The maximum atomic E-state index is 13.3. The Bertz CT molecular complexity index is 1030. The summed E-state index contributed by atoms with van der Waals surface area (Å²) >= 11 is 6.46. The molecule has 0 saturated heterocycles. The molecule has 0 bridgehead atoms. The third-order valence-electron chi connectivity index (χ3n) is 5.63. The van der Waals surface area contributed by atoms with Crippen molar-refractivity contribution in [1.82, 2.24) is 5.32 Å². The maximum absolute atomic E-state index is 13.3. The van der Waals surface area contributed by atoms with Crippen LogP contribution in [0.5, 0.6) is 0 Å². The zero-order valence-electron chi connectivity index (χ0n) is 18.6. The highest BCUT2D eigenvalue weighted by Gasteiger charge is 2.44. The van der Waals surface area contributed by atoms with Gasteiger partial charge in [-0.1, -0.05) is 25.4 Å². The highest BCUT2D eigenvalue weighted by molar-refractivity contribution is 6.31. The molecule has 0 radical (unpaired) electrons. The fourth-order valence-corrected chi connectivity index (χ4v) is 4.53. The van der Waals surface area contributed by atoms with Crippen LogP contribution in [0, 0.1) is 15.5 Å². The number of allylic oxidation sites excluding steroid dienone is 3. The monoisotopic (exact) mass is 462 g/mol. The highest BCUT2D eigenvalue weighted by Crippen LogP contribution is 2.48. The lowest BCUT2D eigenvalue weighted by Gasteiger charge is -2.39. The molecule has 0 aromatic heterocycles. The van der Waals surface area contributed by atoms with Gasteiger partial charge in [-0.15, -0.1) is 0 Å². The third kappa shape index (κ3) is 4.86. The molecule has 2 aliphatic rings. The van der Waals surface area contributed by atoms with Crippen molar-refractivity contribution in [3.8, 4) is 0 Å². The summed E-state index contributed by atoms with van der Waals surface area (Å²) in [6.07, 6.45) is 0.892. The number of dihydropyridines is 1. The molecule has 0 amide bonds. The first-order valence-corrected chi connectivity index (χ1v) is 10.9. The minimum Gasteiger partial charge on any atom is -0.460 e. The van der Waals surface area contributed by atoms with E-state index in [4.69, 9.17) is 21.1 Å². The lowest BCUT2D eigenvalue weighted by atomic mass is 9.68. The zero-order chi connectivity index (χ0) is 23.6. The van der Waals surface area contributed by atoms with Crippen LogP contribution in [0.25, 0.3) is 0 Å². The number of ether oxygens (including phenoxy) is 2. The number of nitrogens with zero attached hydrogens (tertiary/aromatic N) is 1. The summed E-state index contributed by atoms with van der Waals surface area (Å²) in [7, 11) is 0. The van der Waals surface area contributed by atoms with E-state index in [0.29, 0.717) is 42.0 Å². The number of nitrogens with one attached hydrogen (secondary N) is 1. The fraction of sp³-hybridized carbons (Fsp3) is 0.478. The third-order valence-corrected chi connectivity index (χ3v) is 5.97. The smallest absolute Gasteiger partial charge is 0.336 e. The van der Waals surface area contributed by atoms with E-state index in [1.54, 1.807) is 6.92 Å². The molecular weight excluding hydrogens is 436 g/mol. The first-order chi connectivity index (χ1) is 15.1. The van der Waals surface area contributed by atoms with E-state index < -0.39 is 16.8 Å². The van der Waals surface area contributed by atoms with Crippen LogP contribution in [0.4, 0.5) is 5.69 Å². The number of non-ortho nitro benzene ring substituents is 1. The number of nitro groups is 1. The van der Waals surface area contributed by atoms with Gasteiger partial charge in [-0.3, -0.25) is 14.9 Å². The predicted octanol–water partition coefficient (Wildman–Crippen LogP) is 4.43. The Morgan fingerprint density at radius 2 is 2.03 bits per heavy atom. The summed E-state index contributed by atoms with van der Waals surface area (Å²) in [6.45, 7) is 8.35. The molecule has 32 heavy (non-hydrogen) atoms. The molecule has 1 aromatic rings. The van der Waals surface area contributed by atoms with Crippen LogP contribution < -0.4 is 5.32 Å². The summed E-state index contributed by atoms with van der Waals surface area (Å²) in [5.41, 5.74) is 1.78. The van der Waals surface area contributed by atoms with Crippen LogP contribution >= 0.6 is 11.6 Å². The second-order valence-electron chi connectivity index (χ2n) is 8.73. The molecule has 0 fully saturated rings. The van der Waals surface area contributed by atoms with Gasteiger partial charge in [-0.2, -0.15) is 0 Å². The molecule has 0 unspecified atom stereocenters. The van der Waals surface area contributed by atoms with Crippen LogP contribution in [-0.4, -0.2) is 36.5 Å². The standard InChI is InChI=1S/C23H27ClN2O6/c1-5-31-8-9-32-22(28)19-13(2)25-17-11-23(3,4)12-18(27)21(17)20(19)15-10-14(26(29)30)6-7-16(15)24/h6-7,10,20,25H,5,8-9,11-12H2,1-4H3/t20-/m1/s1. The van der Waals surface area contributed by atoms with E-state index in [1.165, 1.54) is 18.2 Å². The molecule has 1 aromatic carbocycles. The first-order valence-electron chi connectivity index (χ1n) is 10.5. The van der Waals surface area contributed by atoms with Gasteiger partial charge in [0.15, 0.2) is 5.78 Å². The number of esters is 1. The van der Waals surface area contributed by atoms with Gasteiger partial charge in [-0.25, -0.2) is 4.79 Å². The molecule has 1 N–H and O–H groups in total. The zero-order valence-corrected chi connectivity index (χ0v) is 19.4. The number of rotatable bonds is 7. The highest BCUT2D eigenvalue weighted by atomic mass is 35.5. The molecule has 1 atom stereocenters. The van der Waals surface area contributed by atoms with Crippen LogP contribution in [0.3, 0.4) is 0 Å². The Morgan fingerprint density at radius 1 is 1.31 bits per heavy atom. The van der Waals surface area contributed by atoms with Crippen molar-refractivity contribution >= 4 is 29.0 Å². The van der Waals surface area contributed by atoms with Gasteiger partial charge in [0.2, 0.25) is 0 Å². The number of carbonyl (C=O) groups excluding carboxylic acids is 2. The summed E-state index contributed by atoms with van der Waals surface area (Å²) < 4.78 is 10.6. The summed E-state index contributed by atoms with van der Waals surface area (Å²) in [4.78, 5) is 37.3. The summed E-state index contributed by atoms with van der Waals surface area (Å²) in [6, 6.07) is 4.04. The van der Waals surface area contributed by atoms with Crippen molar-refractivity contribution in [1.29, 1.82) is 0 Å². The number of hydrogen-bond acceptors (Lipinski definition) is 7. The molecule has 0 spiro atoms. The minimum atomic E-state index is -0.859. The van der Waals surface area contributed by atoms with Gasteiger partial charge in [-0.05, 0) is 37.3 Å². The molecule has 1 aliphatic heterocycles.